The average molecular weight is 279 g/mol. The zero-order chi connectivity index (χ0) is 15.3. The van der Waals surface area contributed by atoms with Gasteiger partial charge in [0.1, 0.15) is 12.2 Å². The van der Waals surface area contributed by atoms with E-state index >= 15 is 0 Å². The van der Waals surface area contributed by atoms with Gasteiger partial charge in [-0.3, -0.25) is 10.1 Å². The van der Waals surface area contributed by atoms with Gasteiger partial charge in [0, 0.05) is 12.6 Å². The van der Waals surface area contributed by atoms with Crippen LogP contribution in [-0.2, 0) is 20.9 Å². The molecule has 0 aliphatic carbocycles. The van der Waals surface area contributed by atoms with Crippen molar-refractivity contribution in [3.05, 3.63) is 29.3 Å². The summed E-state index contributed by atoms with van der Waals surface area (Å²) in [6.07, 6.45) is -0.509. The van der Waals surface area contributed by atoms with Gasteiger partial charge in [-0.05, 0) is 44.9 Å². The minimum Gasteiger partial charge on any atom is -0.461 e. The van der Waals surface area contributed by atoms with Crippen LogP contribution in [0.15, 0.2) is 18.2 Å². The molecule has 0 saturated carbocycles. The molecule has 0 heterocycles. The Labute approximate surface area is 119 Å². The molecule has 5 nitrogen and oxygen atoms in total. The summed E-state index contributed by atoms with van der Waals surface area (Å²) in [5.74, 6) is -0.338. The van der Waals surface area contributed by atoms with Crippen molar-refractivity contribution in [2.24, 2.45) is 0 Å². The number of carbonyl (C=O) groups excluding carboxylic acids is 2. The minimum atomic E-state index is -0.548. The Bertz CT molecular complexity index is 503. The smallest absolute Gasteiger partial charge is 0.412 e. The summed E-state index contributed by atoms with van der Waals surface area (Å²) in [6, 6.07) is 5.41. The maximum atomic E-state index is 11.7. The van der Waals surface area contributed by atoms with Crippen LogP contribution >= 0.6 is 0 Å². The van der Waals surface area contributed by atoms with Crippen LogP contribution in [-0.4, -0.2) is 17.7 Å². The van der Waals surface area contributed by atoms with E-state index in [9.17, 15) is 9.59 Å². The Morgan fingerprint density at radius 1 is 1.25 bits per heavy atom. The van der Waals surface area contributed by atoms with Crippen molar-refractivity contribution < 1.29 is 19.1 Å². The second-order valence-electron chi connectivity index (χ2n) is 5.50. The highest BCUT2D eigenvalue weighted by molar-refractivity contribution is 5.86. The van der Waals surface area contributed by atoms with E-state index in [0.29, 0.717) is 5.69 Å². The standard InChI is InChI=1S/C15H21NO4/c1-10-12(9-19-11(2)17)7-6-8-13(10)16-14(18)20-15(3,4)5/h6-8H,9H2,1-5H3,(H,16,18). The van der Waals surface area contributed by atoms with Crippen LogP contribution in [0.1, 0.15) is 38.8 Å². The summed E-state index contributed by atoms with van der Waals surface area (Å²) in [7, 11) is 0. The number of carbonyl (C=O) groups is 2. The maximum absolute atomic E-state index is 11.7. The van der Waals surface area contributed by atoms with Gasteiger partial charge in [0.15, 0.2) is 0 Å². The number of hydrogen-bond donors (Lipinski definition) is 1. The number of ether oxygens (including phenoxy) is 2. The van der Waals surface area contributed by atoms with E-state index in [1.165, 1.54) is 6.92 Å². The van der Waals surface area contributed by atoms with E-state index in [4.69, 9.17) is 9.47 Å². The van der Waals surface area contributed by atoms with Crippen LogP contribution in [0.2, 0.25) is 0 Å². The molecule has 5 heteroatoms. The number of rotatable bonds is 3. The van der Waals surface area contributed by atoms with Crippen LogP contribution in [0.3, 0.4) is 0 Å². The lowest BCUT2D eigenvalue weighted by Gasteiger charge is -2.20. The Morgan fingerprint density at radius 3 is 2.45 bits per heavy atom. The SMILES string of the molecule is CC(=O)OCc1cccc(NC(=O)OC(C)(C)C)c1C. The predicted octanol–water partition coefficient (Wildman–Crippen LogP) is 3.41. The first-order chi connectivity index (χ1) is 9.19. The third kappa shape index (κ3) is 5.30. The summed E-state index contributed by atoms with van der Waals surface area (Å²) < 4.78 is 10.2. The molecular formula is C15H21NO4. The van der Waals surface area contributed by atoms with Gasteiger partial charge >= 0.3 is 12.1 Å². The summed E-state index contributed by atoms with van der Waals surface area (Å²) >= 11 is 0. The molecule has 20 heavy (non-hydrogen) atoms. The van der Waals surface area contributed by atoms with Crippen molar-refractivity contribution in [2.45, 2.75) is 46.8 Å². The second kappa shape index (κ2) is 6.41. The molecule has 0 saturated heterocycles. The first-order valence-corrected chi connectivity index (χ1v) is 6.41. The highest BCUT2D eigenvalue weighted by Crippen LogP contribution is 2.20. The molecule has 0 fully saturated rings. The highest BCUT2D eigenvalue weighted by Gasteiger charge is 2.17. The summed E-state index contributed by atoms with van der Waals surface area (Å²) in [6.45, 7) is 8.80. The lowest BCUT2D eigenvalue weighted by Crippen LogP contribution is -2.27. The molecule has 0 atom stereocenters. The van der Waals surface area contributed by atoms with Gasteiger partial charge < -0.3 is 9.47 Å². The molecule has 0 bridgehead atoms. The van der Waals surface area contributed by atoms with Gasteiger partial charge in [0.2, 0.25) is 0 Å². The molecule has 1 aromatic rings. The van der Waals surface area contributed by atoms with Crippen LogP contribution < -0.4 is 5.32 Å². The molecular weight excluding hydrogens is 258 g/mol. The van der Waals surface area contributed by atoms with Gasteiger partial charge in [0.25, 0.3) is 0 Å². The summed E-state index contributed by atoms with van der Waals surface area (Å²) in [5, 5.41) is 2.69. The highest BCUT2D eigenvalue weighted by atomic mass is 16.6. The van der Waals surface area contributed by atoms with Crippen LogP contribution in [0, 0.1) is 6.92 Å². The number of hydrogen-bond acceptors (Lipinski definition) is 4. The second-order valence-corrected chi connectivity index (χ2v) is 5.50. The van der Waals surface area contributed by atoms with Gasteiger partial charge in [-0.15, -0.1) is 0 Å². The molecule has 110 valence electrons. The molecule has 0 spiro atoms. The number of amides is 1. The zero-order valence-corrected chi connectivity index (χ0v) is 12.6. The molecule has 1 amide bonds. The summed E-state index contributed by atoms with van der Waals surface area (Å²) in [5.41, 5.74) is 1.78. The fourth-order valence-corrected chi connectivity index (χ4v) is 1.57. The van der Waals surface area contributed by atoms with Crippen LogP contribution in [0.4, 0.5) is 10.5 Å². The van der Waals surface area contributed by atoms with Gasteiger partial charge in [-0.2, -0.15) is 0 Å². The molecule has 0 radical (unpaired) electrons. The average Bonchev–Trinajstić information content (AvgIpc) is 2.27. The van der Waals surface area contributed by atoms with E-state index in [1.54, 1.807) is 32.9 Å². The third-order valence-electron chi connectivity index (χ3n) is 2.51. The lowest BCUT2D eigenvalue weighted by atomic mass is 10.1. The quantitative estimate of drug-likeness (QED) is 0.861. The van der Waals surface area contributed by atoms with Crippen molar-refractivity contribution in [3.8, 4) is 0 Å². The van der Waals surface area contributed by atoms with Gasteiger partial charge in [-0.25, -0.2) is 4.79 Å². The van der Waals surface area contributed by atoms with Crippen molar-refractivity contribution in [3.63, 3.8) is 0 Å². The fraction of sp³-hybridized carbons (Fsp3) is 0.467. The van der Waals surface area contributed by atoms with Crippen LogP contribution in [0.5, 0.6) is 0 Å². The number of benzene rings is 1. The minimum absolute atomic E-state index is 0.186. The van der Waals surface area contributed by atoms with Crippen LogP contribution in [0.25, 0.3) is 0 Å². The van der Waals surface area contributed by atoms with E-state index < -0.39 is 11.7 Å². The molecule has 0 aliphatic heterocycles. The molecule has 0 aliphatic rings. The fourth-order valence-electron chi connectivity index (χ4n) is 1.57. The van der Waals surface area contributed by atoms with E-state index in [-0.39, 0.29) is 12.6 Å². The largest absolute Gasteiger partial charge is 0.461 e. The topological polar surface area (TPSA) is 64.6 Å². The Kier molecular flexibility index (Phi) is 5.13. The van der Waals surface area contributed by atoms with Gasteiger partial charge in [0.05, 0.1) is 0 Å². The number of esters is 1. The molecule has 1 aromatic carbocycles. The molecule has 1 N–H and O–H groups in total. The number of anilines is 1. The predicted molar refractivity (Wildman–Crippen MR) is 76.5 cm³/mol. The zero-order valence-electron chi connectivity index (χ0n) is 12.6. The maximum Gasteiger partial charge on any atom is 0.412 e. The molecule has 0 unspecified atom stereocenters. The summed E-state index contributed by atoms with van der Waals surface area (Å²) in [4.78, 5) is 22.6. The normalized spacial score (nSPS) is 10.8. The first-order valence-electron chi connectivity index (χ1n) is 6.41. The van der Waals surface area contributed by atoms with E-state index in [2.05, 4.69) is 5.32 Å². The Balaban J connectivity index is 2.78. The Hall–Kier alpha value is -2.04. The van der Waals surface area contributed by atoms with Crippen molar-refractivity contribution >= 4 is 17.7 Å². The Morgan fingerprint density at radius 2 is 1.90 bits per heavy atom. The van der Waals surface area contributed by atoms with Crippen molar-refractivity contribution in [1.29, 1.82) is 0 Å². The first kappa shape index (κ1) is 16.0. The van der Waals surface area contributed by atoms with E-state index in [0.717, 1.165) is 11.1 Å². The van der Waals surface area contributed by atoms with Crippen molar-refractivity contribution in [2.75, 3.05) is 5.32 Å². The third-order valence-corrected chi connectivity index (χ3v) is 2.51. The van der Waals surface area contributed by atoms with Crippen molar-refractivity contribution in [1.82, 2.24) is 0 Å². The monoisotopic (exact) mass is 279 g/mol. The molecule has 0 aromatic heterocycles. The van der Waals surface area contributed by atoms with Gasteiger partial charge in [-0.1, -0.05) is 12.1 Å². The molecule has 1 rings (SSSR count). The lowest BCUT2D eigenvalue weighted by molar-refractivity contribution is -0.142. The number of nitrogens with one attached hydrogen (secondary N) is 1. The van der Waals surface area contributed by atoms with E-state index in [1.807, 2.05) is 13.0 Å².